The van der Waals surface area contributed by atoms with E-state index in [1.807, 2.05) is 12.1 Å². The van der Waals surface area contributed by atoms with Gasteiger partial charge in [0, 0.05) is 27.7 Å². The summed E-state index contributed by atoms with van der Waals surface area (Å²) in [4.78, 5) is 23.5. The number of aromatic nitrogens is 1. The Bertz CT molecular complexity index is 1110. The van der Waals surface area contributed by atoms with Crippen molar-refractivity contribution in [3.63, 3.8) is 0 Å². The summed E-state index contributed by atoms with van der Waals surface area (Å²) >= 11 is 3.33. The van der Waals surface area contributed by atoms with Crippen LogP contribution in [0.15, 0.2) is 76.9 Å². The number of nitrogens with one attached hydrogen (secondary N) is 1. The maximum Gasteiger partial charge on any atom is 0.335 e. The monoisotopic (exact) mass is 435 g/mol. The van der Waals surface area contributed by atoms with Gasteiger partial charge in [0.15, 0.2) is 0 Å². The zero-order valence-corrected chi connectivity index (χ0v) is 16.1. The first-order chi connectivity index (χ1) is 13.5. The molecule has 0 unspecified atom stereocenters. The lowest BCUT2D eigenvalue weighted by molar-refractivity contribution is -0.112. The number of nitriles is 1. The van der Waals surface area contributed by atoms with Gasteiger partial charge < -0.3 is 15.0 Å². The van der Waals surface area contributed by atoms with Gasteiger partial charge in [-0.1, -0.05) is 22.0 Å². The summed E-state index contributed by atoms with van der Waals surface area (Å²) in [7, 11) is 0. The molecule has 0 radical (unpaired) electrons. The molecule has 0 aliphatic rings. The first-order valence-corrected chi connectivity index (χ1v) is 8.97. The summed E-state index contributed by atoms with van der Waals surface area (Å²) in [6, 6.07) is 18.8. The molecule has 2 aromatic carbocycles. The minimum atomic E-state index is -1.00. The van der Waals surface area contributed by atoms with Crippen LogP contribution in [-0.2, 0) is 4.79 Å². The van der Waals surface area contributed by atoms with Crippen LogP contribution in [0.5, 0.6) is 0 Å². The highest BCUT2D eigenvalue weighted by molar-refractivity contribution is 9.10. The molecule has 0 aliphatic carbocycles. The molecule has 28 heavy (non-hydrogen) atoms. The number of halogens is 1. The van der Waals surface area contributed by atoms with E-state index in [4.69, 9.17) is 5.11 Å². The van der Waals surface area contributed by atoms with Crippen molar-refractivity contribution in [1.29, 1.82) is 5.26 Å². The second kappa shape index (κ2) is 8.37. The SMILES string of the molecule is N#C/C(=C/c1cccn1-c1ccc(C(=O)O)cc1)C(=O)Nc1cccc(Br)c1. The average Bonchev–Trinajstić information content (AvgIpc) is 3.14. The van der Waals surface area contributed by atoms with Crippen molar-refractivity contribution < 1.29 is 14.7 Å². The molecule has 0 fully saturated rings. The highest BCUT2D eigenvalue weighted by Crippen LogP contribution is 2.19. The normalized spacial score (nSPS) is 10.9. The Kier molecular flexibility index (Phi) is 5.72. The molecular formula is C21H14BrN3O3. The number of aromatic carboxylic acids is 1. The summed E-state index contributed by atoms with van der Waals surface area (Å²) in [5, 5.41) is 21.1. The number of carbonyl (C=O) groups is 2. The van der Waals surface area contributed by atoms with Gasteiger partial charge >= 0.3 is 5.97 Å². The van der Waals surface area contributed by atoms with Crippen LogP contribution >= 0.6 is 15.9 Å². The Labute approximate surface area is 169 Å². The van der Waals surface area contributed by atoms with Crippen LogP contribution in [0.2, 0.25) is 0 Å². The molecule has 138 valence electrons. The zero-order valence-electron chi connectivity index (χ0n) is 14.5. The number of carboxylic acids is 1. The standard InChI is InChI=1S/C21H14BrN3O3/c22-16-3-1-4-17(12-16)24-20(26)15(13-23)11-19-5-2-10-25(19)18-8-6-14(7-9-18)21(27)28/h1-12H,(H,24,26)(H,27,28)/b15-11-. The van der Waals surface area contributed by atoms with E-state index < -0.39 is 11.9 Å². The van der Waals surface area contributed by atoms with Crippen molar-refractivity contribution in [3.05, 3.63) is 88.2 Å². The molecule has 0 saturated carbocycles. The smallest absolute Gasteiger partial charge is 0.335 e. The van der Waals surface area contributed by atoms with Crippen molar-refractivity contribution in [2.45, 2.75) is 0 Å². The van der Waals surface area contributed by atoms with E-state index in [0.29, 0.717) is 17.1 Å². The Morgan fingerprint density at radius 2 is 1.86 bits per heavy atom. The van der Waals surface area contributed by atoms with Crippen molar-refractivity contribution in [1.82, 2.24) is 4.57 Å². The molecule has 1 amide bonds. The topological polar surface area (TPSA) is 95.1 Å². The van der Waals surface area contributed by atoms with E-state index in [9.17, 15) is 14.9 Å². The number of rotatable bonds is 5. The lowest BCUT2D eigenvalue weighted by Gasteiger charge is -2.08. The van der Waals surface area contributed by atoms with E-state index in [1.165, 1.54) is 18.2 Å². The van der Waals surface area contributed by atoms with Gasteiger partial charge in [0.25, 0.3) is 5.91 Å². The van der Waals surface area contributed by atoms with Gasteiger partial charge in [0.1, 0.15) is 11.6 Å². The zero-order chi connectivity index (χ0) is 20.1. The minimum Gasteiger partial charge on any atom is -0.478 e. The van der Waals surface area contributed by atoms with Crippen LogP contribution in [0.25, 0.3) is 11.8 Å². The third-order valence-corrected chi connectivity index (χ3v) is 4.41. The predicted molar refractivity (Wildman–Crippen MR) is 109 cm³/mol. The summed E-state index contributed by atoms with van der Waals surface area (Å²) in [5.41, 5.74) is 2.02. The highest BCUT2D eigenvalue weighted by Gasteiger charge is 2.12. The molecule has 0 saturated heterocycles. The van der Waals surface area contributed by atoms with Crippen molar-refractivity contribution in [3.8, 4) is 11.8 Å². The molecule has 2 N–H and O–H groups in total. The van der Waals surface area contributed by atoms with Crippen LogP contribution in [-0.4, -0.2) is 21.6 Å². The van der Waals surface area contributed by atoms with Gasteiger partial charge in [0.2, 0.25) is 0 Å². The summed E-state index contributed by atoms with van der Waals surface area (Å²) < 4.78 is 2.57. The lowest BCUT2D eigenvalue weighted by Crippen LogP contribution is -2.13. The second-order valence-electron chi connectivity index (χ2n) is 5.79. The number of hydrogen-bond donors (Lipinski definition) is 2. The number of nitrogens with zero attached hydrogens (tertiary/aromatic N) is 2. The van der Waals surface area contributed by atoms with E-state index >= 15 is 0 Å². The van der Waals surface area contributed by atoms with Crippen LogP contribution in [0.1, 0.15) is 16.1 Å². The van der Waals surface area contributed by atoms with E-state index in [-0.39, 0.29) is 11.1 Å². The Hall–Kier alpha value is -3.63. The van der Waals surface area contributed by atoms with Gasteiger partial charge in [-0.25, -0.2) is 4.79 Å². The number of carboxylic acid groups (broad SMARTS) is 1. The minimum absolute atomic E-state index is 0.0536. The number of anilines is 1. The fraction of sp³-hybridized carbons (Fsp3) is 0. The van der Waals surface area contributed by atoms with E-state index in [2.05, 4.69) is 21.2 Å². The number of benzene rings is 2. The molecule has 3 rings (SSSR count). The Balaban J connectivity index is 1.87. The Morgan fingerprint density at radius 3 is 2.50 bits per heavy atom. The molecule has 0 spiro atoms. The molecule has 1 aromatic heterocycles. The fourth-order valence-electron chi connectivity index (χ4n) is 2.57. The largest absolute Gasteiger partial charge is 0.478 e. The van der Waals surface area contributed by atoms with Gasteiger partial charge in [-0.05, 0) is 60.7 Å². The van der Waals surface area contributed by atoms with Gasteiger partial charge in [0.05, 0.1) is 5.56 Å². The first-order valence-electron chi connectivity index (χ1n) is 8.18. The van der Waals surface area contributed by atoms with Crippen molar-refractivity contribution in [2.24, 2.45) is 0 Å². The average molecular weight is 436 g/mol. The molecule has 6 nitrogen and oxygen atoms in total. The molecule has 0 bridgehead atoms. The second-order valence-corrected chi connectivity index (χ2v) is 6.71. The van der Waals surface area contributed by atoms with Crippen molar-refractivity contribution in [2.75, 3.05) is 5.32 Å². The highest BCUT2D eigenvalue weighted by atomic mass is 79.9. The van der Waals surface area contributed by atoms with E-state index in [0.717, 1.165) is 4.47 Å². The molecule has 0 aliphatic heterocycles. The third-order valence-electron chi connectivity index (χ3n) is 3.91. The van der Waals surface area contributed by atoms with Crippen LogP contribution < -0.4 is 5.32 Å². The number of hydrogen-bond acceptors (Lipinski definition) is 3. The molecule has 1 heterocycles. The molecular weight excluding hydrogens is 422 g/mol. The fourth-order valence-corrected chi connectivity index (χ4v) is 2.97. The summed E-state index contributed by atoms with van der Waals surface area (Å²) in [6.07, 6.45) is 3.25. The lowest BCUT2D eigenvalue weighted by atomic mass is 10.2. The first kappa shape index (κ1) is 19.1. The van der Waals surface area contributed by atoms with Gasteiger partial charge in [-0.3, -0.25) is 4.79 Å². The summed E-state index contributed by atoms with van der Waals surface area (Å²) in [5.74, 6) is -1.52. The maximum atomic E-state index is 12.5. The molecule has 3 aromatic rings. The Morgan fingerprint density at radius 1 is 1.11 bits per heavy atom. The van der Waals surface area contributed by atoms with E-state index in [1.54, 1.807) is 53.2 Å². The number of carbonyl (C=O) groups excluding carboxylic acids is 1. The quantitative estimate of drug-likeness (QED) is 0.455. The van der Waals surface area contributed by atoms with Gasteiger partial charge in [-0.15, -0.1) is 0 Å². The predicted octanol–water partition coefficient (Wildman–Crippen LogP) is 4.48. The summed E-state index contributed by atoms with van der Waals surface area (Å²) in [6.45, 7) is 0. The number of amides is 1. The van der Waals surface area contributed by atoms with Crippen LogP contribution in [0, 0.1) is 11.3 Å². The third kappa shape index (κ3) is 4.37. The molecule has 0 atom stereocenters. The van der Waals surface area contributed by atoms with Crippen LogP contribution in [0.3, 0.4) is 0 Å². The van der Waals surface area contributed by atoms with Crippen LogP contribution in [0.4, 0.5) is 5.69 Å². The van der Waals surface area contributed by atoms with Gasteiger partial charge in [-0.2, -0.15) is 5.26 Å². The maximum absolute atomic E-state index is 12.5. The van der Waals surface area contributed by atoms with Crippen molar-refractivity contribution >= 4 is 39.6 Å². The molecule has 7 heteroatoms.